The minimum Gasteiger partial charge on any atom is -0.478 e. The molecule has 0 saturated heterocycles. The van der Waals surface area contributed by atoms with Gasteiger partial charge >= 0.3 is 5.97 Å². The van der Waals surface area contributed by atoms with Crippen molar-refractivity contribution in [2.75, 3.05) is 5.32 Å². The van der Waals surface area contributed by atoms with E-state index in [0.29, 0.717) is 16.8 Å². The number of rotatable bonds is 2. The molecule has 5 heteroatoms. The lowest BCUT2D eigenvalue weighted by molar-refractivity contribution is -0.110. The first kappa shape index (κ1) is 13.2. The summed E-state index contributed by atoms with van der Waals surface area (Å²) in [6.07, 6.45) is 3.40. The quantitative estimate of drug-likeness (QED) is 0.832. The third kappa shape index (κ3) is 2.03. The highest BCUT2D eigenvalue weighted by Crippen LogP contribution is 2.32. The van der Waals surface area contributed by atoms with Crippen molar-refractivity contribution in [1.82, 2.24) is 4.57 Å². The van der Waals surface area contributed by atoms with Gasteiger partial charge < -0.3 is 15.0 Å². The van der Waals surface area contributed by atoms with Crippen molar-refractivity contribution in [2.45, 2.75) is 13.8 Å². The zero-order valence-electron chi connectivity index (χ0n) is 11.7. The summed E-state index contributed by atoms with van der Waals surface area (Å²) in [7, 11) is 0. The molecule has 0 fully saturated rings. The molecular formula is C16H14N2O3. The average molecular weight is 282 g/mol. The van der Waals surface area contributed by atoms with Crippen molar-refractivity contribution in [3.05, 3.63) is 52.8 Å². The molecule has 5 nitrogen and oxygen atoms in total. The van der Waals surface area contributed by atoms with Gasteiger partial charge in [0.25, 0.3) is 5.91 Å². The summed E-state index contributed by atoms with van der Waals surface area (Å²) in [6.45, 7) is 3.47. The maximum Gasteiger partial charge on any atom is 0.337 e. The van der Waals surface area contributed by atoms with Gasteiger partial charge in [0.05, 0.1) is 11.1 Å². The van der Waals surface area contributed by atoms with E-state index in [4.69, 9.17) is 0 Å². The first-order valence-electron chi connectivity index (χ1n) is 6.53. The van der Waals surface area contributed by atoms with Crippen LogP contribution in [0.15, 0.2) is 30.5 Å². The summed E-state index contributed by atoms with van der Waals surface area (Å²) >= 11 is 0. The van der Waals surface area contributed by atoms with Crippen LogP contribution in [-0.4, -0.2) is 21.6 Å². The van der Waals surface area contributed by atoms with Gasteiger partial charge in [-0.15, -0.1) is 0 Å². The first-order chi connectivity index (χ1) is 9.99. The van der Waals surface area contributed by atoms with Gasteiger partial charge in [-0.25, -0.2) is 4.79 Å². The fraction of sp³-hybridized carbons (Fsp3) is 0.125. The normalized spacial score (nSPS) is 15.1. The van der Waals surface area contributed by atoms with Gasteiger partial charge in [0, 0.05) is 29.3 Å². The summed E-state index contributed by atoms with van der Waals surface area (Å²) < 4.78 is 1.69. The van der Waals surface area contributed by atoms with Crippen LogP contribution in [0.25, 0.3) is 11.8 Å². The largest absolute Gasteiger partial charge is 0.478 e. The second-order valence-corrected chi connectivity index (χ2v) is 5.03. The number of carboxylic acids is 1. The number of aromatic carboxylic acids is 1. The topological polar surface area (TPSA) is 71.3 Å². The molecule has 0 bridgehead atoms. The summed E-state index contributed by atoms with van der Waals surface area (Å²) in [6, 6.07) is 7.42. The van der Waals surface area contributed by atoms with Gasteiger partial charge in [0.15, 0.2) is 0 Å². The molecule has 0 atom stereocenters. The molecular weight excluding hydrogens is 268 g/mol. The van der Waals surface area contributed by atoms with Crippen LogP contribution in [-0.2, 0) is 4.79 Å². The molecule has 2 aromatic rings. The smallest absolute Gasteiger partial charge is 0.337 e. The van der Waals surface area contributed by atoms with E-state index in [-0.39, 0.29) is 11.5 Å². The Balaban J connectivity index is 2.14. The first-order valence-corrected chi connectivity index (χ1v) is 6.53. The highest BCUT2D eigenvalue weighted by molar-refractivity contribution is 6.34. The number of para-hydroxylation sites is 1. The SMILES string of the molecule is Cc1cn(C=C2C(=O)Nc3ccccc32)c(C)c1C(=O)O. The van der Waals surface area contributed by atoms with Crippen molar-refractivity contribution >= 4 is 29.3 Å². The Kier molecular flexibility index (Phi) is 2.90. The summed E-state index contributed by atoms with van der Waals surface area (Å²) in [5, 5.41) is 12.0. The van der Waals surface area contributed by atoms with Crippen molar-refractivity contribution in [1.29, 1.82) is 0 Å². The number of anilines is 1. The Morgan fingerprint density at radius 3 is 2.67 bits per heavy atom. The highest BCUT2D eigenvalue weighted by Gasteiger charge is 2.24. The highest BCUT2D eigenvalue weighted by atomic mass is 16.4. The number of carboxylic acid groups (broad SMARTS) is 1. The second kappa shape index (κ2) is 4.63. The van der Waals surface area contributed by atoms with Crippen LogP contribution < -0.4 is 5.32 Å². The van der Waals surface area contributed by atoms with E-state index in [0.717, 1.165) is 11.3 Å². The third-order valence-electron chi connectivity index (χ3n) is 3.67. The lowest BCUT2D eigenvalue weighted by Crippen LogP contribution is -2.05. The molecule has 21 heavy (non-hydrogen) atoms. The van der Waals surface area contributed by atoms with Crippen LogP contribution >= 0.6 is 0 Å². The molecule has 0 aliphatic carbocycles. The standard InChI is InChI=1S/C16H14N2O3/c1-9-7-18(10(2)14(9)16(20)21)8-12-11-5-3-4-6-13(11)17-15(12)19/h3-8H,1-2H3,(H,17,19)(H,20,21). The summed E-state index contributed by atoms with van der Waals surface area (Å²) in [5.74, 6) is -1.14. The average Bonchev–Trinajstić information content (AvgIpc) is 2.88. The van der Waals surface area contributed by atoms with Gasteiger partial charge in [0.2, 0.25) is 0 Å². The number of benzene rings is 1. The van der Waals surface area contributed by atoms with Gasteiger partial charge in [-0.3, -0.25) is 4.79 Å². The monoisotopic (exact) mass is 282 g/mol. The number of aromatic nitrogens is 1. The maximum absolute atomic E-state index is 12.1. The number of nitrogens with one attached hydrogen (secondary N) is 1. The van der Waals surface area contributed by atoms with E-state index in [9.17, 15) is 14.7 Å². The Labute approximate surface area is 121 Å². The summed E-state index contributed by atoms with van der Waals surface area (Å²) in [5.41, 5.74) is 3.67. The zero-order valence-corrected chi connectivity index (χ0v) is 11.7. The number of hydrogen-bond acceptors (Lipinski definition) is 2. The Bertz CT molecular complexity index is 800. The van der Waals surface area contributed by atoms with Crippen LogP contribution in [0.1, 0.15) is 27.2 Å². The van der Waals surface area contributed by atoms with Gasteiger partial charge in [-0.1, -0.05) is 18.2 Å². The van der Waals surface area contributed by atoms with Crippen LogP contribution in [0.2, 0.25) is 0 Å². The van der Waals surface area contributed by atoms with Crippen LogP contribution in [0.4, 0.5) is 5.69 Å². The van der Waals surface area contributed by atoms with Crippen molar-refractivity contribution < 1.29 is 14.7 Å². The molecule has 1 aromatic heterocycles. The van der Waals surface area contributed by atoms with E-state index in [1.807, 2.05) is 24.3 Å². The number of hydrogen-bond donors (Lipinski definition) is 2. The van der Waals surface area contributed by atoms with Gasteiger partial charge in [-0.05, 0) is 25.5 Å². The zero-order chi connectivity index (χ0) is 15.1. The minimum absolute atomic E-state index is 0.182. The molecule has 0 radical (unpaired) electrons. The van der Waals surface area contributed by atoms with Gasteiger partial charge in [-0.2, -0.15) is 0 Å². The lowest BCUT2D eigenvalue weighted by Gasteiger charge is -2.02. The number of nitrogens with zero attached hydrogens (tertiary/aromatic N) is 1. The minimum atomic E-state index is -0.960. The Hall–Kier alpha value is -2.82. The van der Waals surface area contributed by atoms with Crippen molar-refractivity contribution in [2.24, 2.45) is 0 Å². The number of carbonyl (C=O) groups is 2. The second-order valence-electron chi connectivity index (χ2n) is 5.03. The van der Waals surface area contributed by atoms with Crippen LogP contribution in [0.5, 0.6) is 0 Å². The molecule has 2 N–H and O–H groups in total. The number of fused-ring (bicyclic) bond motifs is 1. The predicted molar refractivity (Wildman–Crippen MR) is 80.1 cm³/mol. The molecule has 0 unspecified atom stereocenters. The molecule has 1 aromatic carbocycles. The lowest BCUT2D eigenvalue weighted by atomic mass is 10.1. The fourth-order valence-corrected chi connectivity index (χ4v) is 2.65. The Morgan fingerprint density at radius 2 is 2.00 bits per heavy atom. The molecule has 106 valence electrons. The van der Waals surface area contributed by atoms with E-state index in [2.05, 4.69) is 5.32 Å². The fourth-order valence-electron chi connectivity index (χ4n) is 2.65. The van der Waals surface area contributed by atoms with Gasteiger partial charge in [0.1, 0.15) is 0 Å². The van der Waals surface area contributed by atoms with Crippen LogP contribution in [0.3, 0.4) is 0 Å². The molecule has 1 aliphatic rings. The third-order valence-corrected chi connectivity index (χ3v) is 3.67. The predicted octanol–water partition coefficient (Wildman–Crippen LogP) is 2.75. The Morgan fingerprint density at radius 1 is 1.29 bits per heavy atom. The summed E-state index contributed by atoms with van der Waals surface area (Å²) in [4.78, 5) is 23.3. The molecule has 0 saturated carbocycles. The van der Waals surface area contributed by atoms with E-state index >= 15 is 0 Å². The van der Waals surface area contributed by atoms with E-state index in [1.54, 1.807) is 30.8 Å². The molecule has 1 aliphatic heterocycles. The maximum atomic E-state index is 12.1. The number of aryl methyl sites for hydroxylation is 1. The van der Waals surface area contributed by atoms with Crippen LogP contribution in [0, 0.1) is 13.8 Å². The van der Waals surface area contributed by atoms with Crippen molar-refractivity contribution in [3.63, 3.8) is 0 Å². The number of amides is 1. The molecule has 2 heterocycles. The van der Waals surface area contributed by atoms with E-state index in [1.165, 1.54) is 0 Å². The molecule has 3 rings (SSSR count). The molecule has 0 spiro atoms. The van der Waals surface area contributed by atoms with E-state index < -0.39 is 5.97 Å². The van der Waals surface area contributed by atoms with Crippen molar-refractivity contribution in [3.8, 4) is 0 Å². The molecule has 1 amide bonds. The number of carbonyl (C=O) groups excluding carboxylic acids is 1.